The van der Waals surface area contributed by atoms with Crippen LogP contribution in [0.25, 0.3) is 11.1 Å². The maximum Gasteiger partial charge on any atom is 0.320 e. The molecule has 1 aliphatic rings. The van der Waals surface area contributed by atoms with Gasteiger partial charge in [0, 0.05) is 17.6 Å². The minimum absolute atomic E-state index is 0.318. The van der Waals surface area contributed by atoms with Crippen molar-refractivity contribution in [3.05, 3.63) is 64.5 Å². The molecule has 4 rings (SSSR count). The number of nitrogens with zero attached hydrogens (tertiary/aromatic N) is 1. The molecule has 2 aromatic carbocycles. The molecular formula is C22H20N4O2S. The third kappa shape index (κ3) is 4.93. The lowest BCUT2D eigenvalue weighted by molar-refractivity contribution is 0.0211. The van der Waals surface area contributed by atoms with Crippen molar-refractivity contribution in [2.24, 2.45) is 0 Å². The van der Waals surface area contributed by atoms with E-state index in [0.717, 1.165) is 35.6 Å². The van der Waals surface area contributed by atoms with E-state index in [9.17, 15) is 4.79 Å². The Kier molecular flexibility index (Phi) is 5.75. The quantitative estimate of drug-likeness (QED) is 0.544. The van der Waals surface area contributed by atoms with Crippen molar-refractivity contribution in [2.45, 2.75) is 12.6 Å². The third-order valence-electron chi connectivity index (χ3n) is 4.48. The van der Waals surface area contributed by atoms with Gasteiger partial charge in [-0.05, 0) is 34.7 Å². The highest BCUT2D eigenvalue weighted by atomic mass is 32.1. The van der Waals surface area contributed by atoms with E-state index in [2.05, 4.69) is 57.2 Å². The molecule has 1 aliphatic heterocycles. The first kappa shape index (κ1) is 19.0. The van der Waals surface area contributed by atoms with Gasteiger partial charge in [-0.25, -0.2) is 9.78 Å². The number of benzene rings is 2. The van der Waals surface area contributed by atoms with Gasteiger partial charge in [0.1, 0.15) is 5.82 Å². The lowest BCUT2D eigenvalue weighted by Gasteiger charge is -2.28. The van der Waals surface area contributed by atoms with E-state index in [1.165, 1.54) is 11.3 Å². The van der Waals surface area contributed by atoms with E-state index in [1.807, 2.05) is 18.2 Å². The zero-order valence-corrected chi connectivity index (χ0v) is 16.5. The minimum atomic E-state index is -0.318. The number of terminal acetylenes is 1. The van der Waals surface area contributed by atoms with Crippen LogP contribution < -0.4 is 16.0 Å². The number of thiazole rings is 1. The van der Waals surface area contributed by atoms with Crippen molar-refractivity contribution in [2.75, 3.05) is 23.8 Å². The summed E-state index contributed by atoms with van der Waals surface area (Å²) in [6.45, 7) is 1.93. The highest BCUT2D eigenvalue weighted by molar-refractivity contribution is 7.10. The molecule has 146 valence electrons. The van der Waals surface area contributed by atoms with Crippen molar-refractivity contribution >= 4 is 28.9 Å². The molecule has 3 N–H and O–H groups in total. The summed E-state index contributed by atoms with van der Waals surface area (Å²) >= 11 is 1.31. The van der Waals surface area contributed by atoms with Gasteiger partial charge in [0.2, 0.25) is 0 Å². The second kappa shape index (κ2) is 8.78. The fraction of sp³-hybridized carbons (Fsp3) is 0.182. The van der Waals surface area contributed by atoms with E-state index in [-0.39, 0.29) is 6.03 Å². The van der Waals surface area contributed by atoms with Gasteiger partial charge in [-0.15, -0.1) is 17.8 Å². The molecule has 0 bridgehead atoms. The molecule has 1 aromatic heterocycles. The second-order valence-electron chi connectivity index (χ2n) is 6.65. The average molecular weight is 404 g/mol. The SMILES string of the molecule is C#Cc1nc(NC(=O)NCc2ccc(-c3cccc(NC4COC4)c3)cc2)cs1. The Morgan fingerprint density at radius 3 is 2.72 bits per heavy atom. The van der Waals surface area contributed by atoms with E-state index in [0.29, 0.717) is 23.4 Å². The molecule has 29 heavy (non-hydrogen) atoms. The van der Waals surface area contributed by atoms with Gasteiger partial charge in [-0.3, -0.25) is 5.32 Å². The van der Waals surface area contributed by atoms with Crippen LogP contribution in [0, 0.1) is 12.3 Å². The number of amides is 2. The molecular weight excluding hydrogens is 384 g/mol. The molecule has 0 aliphatic carbocycles. The number of anilines is 2. The number of hydrogen-bond donors (Lipinski definition) is 3. The summed E-state index contributed by atoms with van der Waals surface area (Å²) in [6.07, 6.45) is 5.28. The van der Waals surface area contributed by atoms with E-state index >= 15 is 0 Å². The topological polar surface area (TPSA) is 75.3 Å². The zero-order valence-electron chi connectivity index (χ0n) is 15.6. The molecule has 6 nitrogen and oxygen atoms in total. The van der Waals surface area contributed by atoms with Gasteiger partial charge in [-0.2, -0.15) is 0 Å². The fourth-order valence-corrected chi connectivity index (χ4v) is 3.45. The number of carbonyl (C=O) groups is 1. The lowest BCUT2D eigenvalue weighted by Crippen LogP contribution is -2.40. The summed E-state index contributed by atoms with van der Waals surface area (Å²) < 4.78 is 5.21. The highest BCUT2D eigenvalue weighted by Crippen LogP contribution is 2.24. The zero-order chi connectivity index (χ0) is 20.1. The lowest BCUT2D eigenvalue weighted by atomic mass is 10.0. The Labute approximate surface area is 173 Å². The van der Waals surface area contributed by atoms with Crippen LogP contribution in [0.2, 0.25) is 0 Å². The molecule has 1 saturated heterocycles. The first-order valence-corrected chi connectivity index (χ1v) is 10.1. The number of aromatic nitrogens is 1. The maximum atomic E-state index is 12.0. The monoisotopic (exact) mass is 404 g/mol. The van der Waals surface area contributed by atoms with Crippen LogP contribution in [0.4, 0.5) is 16.3 Å². The van der Waals surface area contributed by atoms with E-state index in [4.69, 9.17) is 11.2 Å². The van der Waals surface area contributed by atoms with Gasteiger partial charge in [0.05, 0.1) is 19.3 Å². The summed E-state index contributed by atoms with van der Waals surface area (Å²) in [4.78, 5) is 16.1. The maximum absolute atomic E-state index is 12.0. The van der Waals surface area contributed by atoms with Crippen LogP contribution in [0.3, 0.4) is 0 Å². The number of hydrogen-bond acceptors (Lipinski definition) is 5. The number of urea groups is 1. The molecule has 0 spiro atoms. The Balaban J connectivity index is 1.32. The molecule has 2 heterocycles. The summed E-state index contributed by atoms with van der Waals surface area (Å²) in [5.74, 6) is 2.90. The smallest absolute Gasteiger partial charge is 0.320 e. The standard InChI is InChI=1S/C22H20N4O2S/c1-2-21-25-20(14-29-21)26-22(27)23-11-15-6-8-16(9-7-15)17-4-3-5-18(10-17)24-19-12-28-13-19/h1,3-10,14,19,24H,11-13H2,(H2,23,26,27). The van der Waals surface area contributed by atoms with Gasteiger partial charge in [0.15, 0.2) is 5.01 Å². The van der Waals surface area contributed by atoms with Crippen molar-refractivity contribution in [1.82, 2.24) is 10.3 Å². The second-order valence-corrected chi connectivity index (χ2v) is 7.50. The molecule has 3 aromatic rings. The van der Waals surface area contributed by atoms with Crippen molar-refractivity contribution in [1.29, 1.82) is 0 Å². The van der Waals surface area contributed by atoms with Gasteiger partial charge < -0.3 is 15.4 Å². The first-order valence-electron chi connectivity index (χ1n) is 9.20. The van der Waals surface area contributed by atoms with Crippen LogP contribution in [-0.4, -0.2) is 30.3 Å². The van der Waals surface area contributed by atoms with E-state index < -0.39 is 0 Å². The van der Waals surface area contributed by atoms with Crippen LogP contribution >= 0.6 is 11.3 Å². The Bertz CT molecular complexity index is 1040. The Morgan fingerprint density at radius 1 is 1.21 bits per heavy atom. The number of carbonyl (C=O) groups excluding carboxylic acids is 1. The largest absolute Gasteiger partial charge is 0.378 e. The Hall–Kier alpha value is -3.34. The molecule has 0 saturated carbocycles. The summed E-state index contributed by atoms with van der Waals surface area (Å²) in [5, 5.41) is 11.2. The predicted molar refractivity (Wildman–Crippen MR) is 116 cm³/mol. The fourth-order valence-electron chi connectivity index (χ4n) is 2.90. The van der Waals surface area contributed by atoms with Crippen molar-refractivity contribution in [3.63, 3.8) is 0 Å². The van der Waals surface area contributed by atoms with Crippen molar-refractivity contribution < 1.29 is 9.53 Å². The predicted octanol–water partition coefficient (Wildman–Crippen LogP) is 3.92. The number of nitrogens with one attached hydrogen (secondary N) is 3. The summed E-state index contributed by atoms with van der Waals surface area (Å²) in [5.41, 5.74) is 4.36. The van der Waals surface area contributed by atoms with Crippen molar-refractivity contribution in [3.8, 4) is 23.5 Å². The Morgan fingerprint density at radius 2 is 2.03 bits per heavy atom. The van der Waals surface area contributed by atoms with Gasteiger partial charge in [0.25, 0.3) is 0 Å². The molecule has 0 radical (unpaired) electrons. The van der Waals surface area contributed by atoms with Crippen LogP contribution in [0.5, 0.6) is 0 Å². The minimum Gasteiger partial charge on any atom is -0.378 e. The van der Waals surface area contributed by atoms with Crippen LogP contribution in [0.15, 0.2) is 53.9 Å². The van der Waals surface area contributed by atoms with Crippen LogP contribution in [0.1, 0.15) is 10.6 Å². The molecule has 2 amide bonds. The van der Waals surface area contributed by atoms with Gasteiger partial charge >= 0.3 is 6.03 Å². The highest BCUT2D eigenvalue weighted by Gasteiger charge is 2.17. The molecule has 0 unspecified atom stereocenters. The van der Waals surface area contributed by atoms with Crippen LogP contribution in [-0.2, 0) is 11.3 Å². The summed E-state index contributed by atoms with van der Waals surface area (Å²) in [7, 11) is 0. The number of rotatable bonds is 6. The van der Waals surface area contributed by atoms with Gasteiger partial charge in [-0.1, -0.05) is 36.4 Å². The molecule has 7 heteroatoms. The average Bonchev–Trinajstić information content (AvgIpc) is 3.17. The molecule has 1 fully saturated rings. The third-order valence-corrected chi connectivity index (χ3v) is 5.25. The molecule has 0 atom stereocenters. The normalized spacial score (nSPS) is 13.2. The number of ether oxygens (including phenoxy) is 1. The van der Waals surface area contributed by atoms with E-state index in [1.54, 1.807) is 5.38 Å². The first-order chi connectivity index (χ1) is 14.2. The summed E-state index contributed by atoms with van der Waals surface area (Å²) in [6, 6.07) is 16.5.